The highest BCUT2D eigenvalue weighted by atomic mass is 16.3. The normalized spacial score (nSPS) is 12.6. The highest BCUT2D eigenvalue weighted by Gasteiger charge is 2.13. The summed E-state index contributed by atoms with van der Waals surface area (Å²) < 4.78 is 5.63. The molecule has 0 aliphatic carbocycles. The number of hydrogen-bond acceptors (Lipinski definition) is 3. The van der Waals surface area contributed by atoms with E-state index >= 15 is 0 Å². The standard InChI is InChI=1S/C16H30N2O/c1-13(2)7-9-18(6)12-15-14(8-10-19-15)11-17-16(3,4)5/h8,10,13,17H,7,9,11-12H2,1-6H3. The van der Waals surface area contributed by atoms with Crippen LogP contribution >= 0.6 is 0 Å². The molecule has 1 heterocycles. The Labute approximate surface area is 118 Å². The van der Waals surface area contributed by atoms with Crippen LogP contribution in [-0.4, -0.2) is 24.0 Å². The molecule has 1 aromatic heterocycles. The first-order valence-corrected chi connectivity index (χ1v) is 7.27. The van der Waals surface area contributed by atoms with E-state index < -0.39 is 0 Å². The Hall–Kier alpha value is -0.800. The third kappa shape index (κ3) is 6.79. The summed E-state index contributed by atoms with van der Waals surface area (Å²) in [6.07, 6.45) is 3.03. The van der Waals surface area contributed by atoms with E-state index in [1.165, 1.54) is 12.0 Å². The summed E-state index contributed by atoms with van der Waals surface area (Å²) in [5, 5.41) is 3.51. The second-order valence-corrected chi connectivity index (χ2v) is 6.89. The number of nitrogens with one attached hydrogen (secondary N) is 1. The summed E-state index contributed by atoms with van der Waals surface area (Å²) in [5.74, 6) is 1.84. The molecule has 3 nitrogen and oxygen atoms in total. The minimum atomic E-state index is 0.137. The summed E-state index contributed by atoms with van der Waals surface area (Å²) in [7, 11) is 2.16. The molecule has 0 aliphatic heterocycles. The van der Waals surface area contributed by atoms with Crippen molar-refractivity contribution in [3.8, 4) is 0 Å². The van der Waals surface area contributed by atoms with E-state index in [1.807, 2.05) is 0 Å². The van der Waals surface area contributed by atoms with Crippen LogP contribution < -0.4 is 5.32 Å². The lowest BCUT2D eigenvalue weighted by molar-refractivity contribution is 0.275. The summed E-state index contributed by atoms with van der Waals surface area (Å²) in [6, 6.07) is 2.07. The van der Waals surface area contributed by atoms with Crippen molar-refractivity contribution in [1.29, 1.82) is 0 Å². The average molecular weight is 266 g/mol. The second kappa shape index (κ2) is 7.11. The molecule has 0 saturated carbocycles. The first-order chi connectivity index (χ1) is 8.78. The summed E-state index contributed by atoms with van der Waals surface area (Å²) >= 11 is 0. The first-order valence-electron chi connectivity index (χ1n) is 7.27. The first kappa shape index (κ1) is 16.3. The van der Waals surface area contributed by atoms with E-state index in [1.54, 1.807) is 6.26 Å². The molecular formula is C16H30N2O. The van der Waals surface area contributed by atoms with Crippen LogP contribution in [0.2, 0.25) is 0 Å². The number of hydrogen-bond donors (Lipinski definition) is 1. The Morgan fingerprint density at radius 3 is 2.58 bits per heavy atom. The molecule has 1 N–H and O–H groups in total. The van der Waals surface area contributed by atoms with Gasteiger partial charge in [0.05, 0.1) is 12.8 Å². The van der Waals surface area contributed by atoms with Crippen molar-refractivity contribution in [3.05, 3.63) is 23.7 Å². The Morgan fingerprint density at radius 1 is 1.32 bits per heavy atom. The van der Waals surface area contributed by atoms with Crippen molar-refractivity contribution in [2.75, 3.05) is 13.6 Å². The van der Waals surface area contributed by atoms with Crippen LogP contribution in [0.5, 0.6) is 0 Å². The maximum absolute atomic E-state index is 5.63. The summed E-state index contributed by atoms with van der Waals surface area (Å²) in [4.78, 5) is 2.33. The van der Waals surface area contributed by atoms with Gasteiger partial charge >= 0.3 is 0 Å². The maximum Gasteiger partial charge on any atom is 0.122 e. The molecule has 0 radical (unpaired) electrons. The van der Waals surface area contributed by atoms with E-state index in [0.717, 1.165) is 31.3 Å². The van der Waals surface area contributed by atoms with Crippen LogP contribution in [0.15, 0.2) is 16.7 Å². The van der Waals surface area contributed by atoms with Gasteiger partial charge in [-0.15, -0.1) is 0 Å². The smallest absolute Gasteiger partial charge is 0.122 e. The van der Waals surface area contributed by atoms with Gasteiger partial charge in [0.2, 0.25) is 0 Å². The molecular weight excluding hydrogens is 236 g/mol. The topological polar surface area (TPSA) is 28.4 Å². The van der Waals surface area contributed by atoms with Gasteiger partial charge in [0.15, 0.2) is 0 Å². The van der Waals surface area contributed by atoms with Gasteiger partial charge in [-0.05, 0) is 52.8 Å². The molecule has 19 heavy (non-hydrogen) atoms. The minimum absolute atomic E-state index is 0.137. The lowest BCUT2D eigenvalue weighted by atomic mass is 10.1. The molecule has 0 amide bonds. The van der Waals surface area contributed by atoms with E-state index in [9.17, 15) is 0 Å². The SMILES string of the molecule is CC(C)CCN(C)Cc1occc1CNC(C)(C)C. The van der Waals surface area contributed by atoms with Gasteiger partial charge in [-0.2, -0.15) is 0 Å². The second-order valence-electron chi connectivity index (χ2n) is 6.89. The van der Waals surface area contributed by atoms with Crippen LogP contribution in [0.4, 0.5) is 0 Å². The zero-order valence-electron chi connectivity index (χ0n) is 13.4. The van der Waals surface area contributed by atoms with Crippen LogP contribution in [0, 0.1) is 5.92 Å². The van der Waals surface area contributed by atoms with Crippen LogP contribution in [-0.2, 0) is 13.1 Å². The number of nitrogens with zero attached hydrogens (tertiary/aromatic N) is 1. The Kier molecular flexibility index (Phi) is 6.08. The fourth-order valence-corrected chi connectivity index (χ4v) is 1.83. The predicted molar refractivity (Wildman–Crippen MR) is 81.1 cm³/mol. The van der Waals surface area contributed by atoms with Gasteiger partial charge in [-0.25, -0.2) is 0 Å². The molecule has 0 spiro atoms. The molecule has 1 rings (SSSR count). The number of furan rings is 1. The maximum atomic E-state index is 5.63. The lowest BCUT2D eigenvalue weighted by Gasteiger charge is -2.21. The molecule has 0 atom stereocenters. The third-order valence-corrected chi connectivity index (χ3v) is 3.15. The third-order valence-electron chi connectivity index (χ3n) is 3.15. The van der Waals surface area contributed by atoms with Gasteiger partial charge in [-0.3, -0.25) is 4.90 Å². The van der Waals surface area contributed by atoms with Gasteiger partial charge in [0.25, 0.3) is 0 Å². The van der Waals surface area contributed by atoms with Crippen molar-refractivity contribution >= 4 is 0 Å². The quantitative estimate of drug-likeness (QED) is 0.816. The fourth-order valence-electron chi connectivity index (χ4n) is 1.83. The molecule has 0 fully saturated rings. The van der Waals surface area contributed by atoms with Crippen molar-refractivity contribution in [2.24, 2.45) is 5.92 Å². The zero-order valence-corrected chi connectivity index (χ0v) is 13.4. The number of rotatable bonds is 7. The highest BCUT2D eigenvalue weighted by molar-refractivity contribution is 5.17. The van der Waals surface area contributed by atoms with Crippen molar-refractivity contribution in [3.63, 3.8) is 0 Å². The predicted octanol–water partition coefficient (Wildman–Crippen LogP) is 3.65. The molecule has 0 saturated heterocycles. The van der Waals surface area contributed by atoms with Crippen molar-refractivity contribution in [1.82, 2.24) is 10.2 Å². The van der Waals surface area contributed by atoms with Crippen LogP contribution in [0.1, 0.15) is 52.4 Å². The molecule has 1 aromatic rings. The summed E-state index contributed by atoms with van der Waals surface area (Å²) in [6.45, 7) is 13.9. The average Bonchev–Trinajstić information content (AvgIpc) is 2.70. The molecule has 0 bridgehead atoms. The van der Waals surface area contributed by atoms with Gasteiger partial charge < -0.3 is 9.73 Å². The highest BCUT2D eigenvalue weighted by Crippen LogP contribution is 2.14. The van der Waals surface area contributed by atoms with Gasteiger partial charge in [0, 0.05) is 17.6 Å². The molecule has 0 aliphatic rings. The van der Waals surface area contributed by atoms with Crippen molar-refractivity contribution in [2.45, 2.75) is 59.7 Å². The van der Waals surface area contributed by atoms with Gasteiger partial charge in [0.1, 0.15) is 5.76 Å². The Bertz CT molecular complexity index is 363. The fraction of sp³-hybridized carbons (Fsp3) is 0.750. The van der Waals surface area contributed by atoms with Crippen LogP contribution in [0.3, 0.4) is 0 Å². The Balaban J connectivity index is 2.48. The van der Waals surface area contributed by atoms with Crippen molar-refractivity contribution < 1.29 is 4.42 Å². The Morgan fingerprint density at radius 2 is 2.00 bits per heavy atom. The monoisotopic (exact) mass is 266 g/mol. The van der Waals surface area contributed by atoms with E-state index in [2.05, 4.69) is 57.9 Å². The molecule has 110 valence electrons. The van der Waals surface area contributed by atoms with Gasteiger partial charge in [-0.1, -0.05) is 13.8 Å². The molecule has 0 unspecified atom stereocenters. The molecule has 3 heteroatoms. The van der Waals surface area contributed by atoms with E-state index in [4.69, 9.17) is 4.42 Å². The van der Waals surface area contributed by atoms with E-state index in [0.29, 0.717) is 0 Å². The van der Waals surface area contributed by atoms with E-state index in [-0.39, 0.29) is 5.54 Å². The summed E-state index contributed by atoms with van der Waals surface area (Å²) in [5.41, 5.74) is 1.41. The largest absolute Gasteiger partial charge is 0.468 e. The lowest BCUT2D eigenvalue weighted by Crippen LogP contribution is -2.35. The zero-order chi connectivity index (χ0) is 14.5. The molecule has 0 aromatic carbocycles. The minimum Gasteiger partial charge on any atom is -0.468 e. The van der Waals surface area contributed by atoms with Crippen LogP contribution in [0.25, 0.3) is 0 Å².